The molecule has 9 heteroatoms. The van der Waals surface area contributed by atoms with Gasteiger partial charge in [0.15, 0.2) is 4.80 Å². The van der Waals surface area contributed by atoms with Gasteiger partial charge in [0, 0.05) is 33.7 Å². The highest BCUT2D eigenvalue weighted by Gasteiger charge is 2.33. The van der Waals surface area contributed by atoms with Crippen LogP contribution in [0.2, 0.25) is 0 Å². The van der Waals surface area contributed by atoms with E-state index in [1.54, 1.807) is 18.4 Å². The SMILES string of the molecule is CCOC(=O)C1=C(C)N=c2s/c(=C\c3cn(Cc4ccc(Br)cc4)c4ccccc34)c(=O)n2[C@@H]1c1ccc(OCC)cc1. The van der Waals surface area contributed by atoms with Gasteiger partial charge in [-0.15, -0.1) is 0 Å². The summed E-state index contributed by atoms with van der Waals surface area (Å²) in [5, 5.41) is 1.05. The minimum Gasteiger partial charge on any atom is -0.494 e. The zero-order valence-corrected chi connectivity index (χ0v) is 26.4. The van der Waals surface area contributed by atoms with Crippen LogP contribution in [0.4, 0.5) is 0 Å². The van der Waals surface area contributed by atoms with E-state index in [0.29, 0.717) is 33.8 Å². The average molecular weight is 657 g/mol. The van der Waals surface area contributed by atoms with Gasteiger partial charge in [0.05, 0.1) is 35.1 Å². The summed E-state index contributed by atoms with van der Waals surface area (Å²) in [6, 6.07) is 23.3. The number of benzene rings is 3. The third-order valence-electron chi connectivity index (χ3n) is 7.40. The van der Waals surface area contributed by atoms with E-state index in [0.717, 1.165) is 32.3 Å². The van der Waals surface area contributed by atoms with Gasteiger partial charge in [-0.3, -0.25) is 9.36 Å². The van der Waals surface area contributed by atoms with Crippen LogP contribution in [0.3, 0.4) is 0 Å². The Balaban J connectivity index is 1.49. The lowest BCUT2D eigenvalue weighted by molar-refractivity contribution is -0.139. The van der Waals surface area contributed by atoms with Gasteiger partial charge >= 0.3 is 5.97 Å². The predicted octanol–water partition coefficient (Wildman–Crippen LogP) is 5.96. The van der Waals surface area contributed by atoms with Crippen LogP contribution in [0.1, 0.15) is 43.5 Å². The zero-order chi connectivity index (χ0) is 30.1. The van der Waals surface area contributed by atoms with Crippen LogP contribution in [0.25, 0.3) is 17.0 Å². The molecule has 0 fully saturated rings. The van der Waals surface area contributed by atoms with E-state index in [-0.39, 0.29) is 12.2 Å². The molecule has 0 unspecified atom stereocenters. The number of esters is 1. The van der Waals surface area contributed by atoms with Gasteiger partial charge in [0.25, 0.3) is 5.56 Å². The molecule has 0 N–H and O–H groups in total. The lowest BCUT2D eigenvalue weighted by Gasteiger charge is -2.24. The summed E-state index contributed by atoms with van der Waals surface area (Å²) in [5.41, 5.74) is 4.66. The highest BCUT2D eigenvalue weighted by molar-refractivity contribution is 9.10. The molecule has 0 amide bonds. The summed E-state index contributed by atoms with van der Waals surface area (Å²) < 4.78 is 16.4. The van der Waals surface area contributed by atoms with Gasteiger partial charge in [-0.05, 0) is 68.3 Å². The molecule has 0 bridgehead atoms. The molecular weight excluding hydrogens is 626 g/mol. The van der Waals surface area contributed by atoms with Crippen LogP contribution in [0.15, 0.2) is 105 Å². The Kier molecular flexibility index (Phi) is 8.19. The van der Waals surface area contributed by atoms with Crippen molar-refractivity contribution < 1.29 is 14.3 Å². The molecular formula is C34H30BrN3O4S. The second-order valence-electron chi connectivity index (χ2n) is 10.2. The number of rotatable bonds is 8. The van der Waals surface area contributed by atoms with Gasteiger partial charge in [-0.2, -0.15) is 0 Å². The summed E-state index contributed by atoms with van der Waals surface area (Å²) >= 11 is 4.83. The van der Waals surface area contributed by atoms with Crippen molar-refractivity contribution in [3.63, 3.8) is 0 Å². The Hall–Kier alpha value is -4.21. The maximum Gasteiger partial charge on any atom is 0.338 e. The zero-order valence-electron chi connectivity index (χ0n) is 24.0. The molecule has 0 spiro atoms. The summed E-state index contributed by atoms with van der Waals surface area (Å²) in [6.45, 7) is 6.95. The number of halogens is 1. The average Bonchev–Trinajstić information content (AvgIpc) is 3.50. The molecule has 0 saturated carbocycles. The molecule has 218 valence electrons. The molecule has 1 aliphatic rings. The van der Waals surface area contributed by atoms with Crippen molar-refractivity contribution in [2.24, 2.45) is 4.99 Å². The first-order valence-electron chi connectivity index (χ1n) is 14.1. The number of aromatic nitrogens is 2. The Morgan fingerprint density at radius 3 is 2.49 bits per heavy atom. The molecule has 3 heterocycles. The Morgan fingerprint density at radius 2 is 1.77 bits per heavy atom. The molecule has 2 aromatic heterocycles. The van der Waals surface area contributed by atoms with Crippen molar-refractivity contribution in [3.05, 3.63) is 131 Å². The molecule has 0 saturated heterocycles. The molecule has 5 aromatic rings. The number of hydrogen-bond acceptors (Lipinski definition) is 6. The summed E-state index contributed by atoms with van der Waals surface area (Å²) in [4.78, 5) is 32.6. The van der Waals surface area contributed by atoms with Gasteiger partial charge < -0.3 is 14.0 Å². The highest BCUT2D eigenvalue weighted by Crippen LogP contribution is 2.32. The van der Waals surface area contributed by atoms with E-state index < -0.39 is 12.0 Å². The van der Waals surface area contributed by atoms with Crippen molar-refractivity contribution in [1.29, 1.82) is 0 Å². The number of thiazole rings is 1. The van der Waals surface area contributed by atoms with Crippen molar-refractivity contribution in [3.8, 4) is 5.75 Å². The third kappa shape index (κ3) is 5.62. The van der Waals surface area contributed by atoms with Crippen LogP contribution in [-0.2, 0) is 16.1 Å². The first-order valence-corrected chi connectivity index (χ1v) is 15.7. The number of ether oxygens (including phenoxy) is 2. The van der Waals surface area contributed by atoms with Crippen LogP contribution in [0.5, 0.6) is 5.75 Å². The monoisotopic (exact) mass is 655 g/mol. The Morgan fingerprint density at radius 1 is 1.02 bits per heavy atom. The van der Waals surface area contributed by atoms with Crippen LogP contribution < -0.4 is 19.6 Å². The van der Waals surface area contributed by atoms with Crippen LogP contribution in [0, 0.1) is 0 Å². The quantitative estimate of drug-likeness (QED) is 0.193. The second-order valence-corrected chi connectivity index (χ2v) is 12.1. The minimum absolute atomic E-state index is 0.207. The fourth-order valence-corrected chi connectivity index (χ4v) is 6.77. The molecule has 7 nitrogen and oxygen atoms in total. The number of carbonyl (C=O) groups excluding carboxylic acids is 1. The maximum absolute atomic E-state index is 14.1. The standard InChI is InChI=1S/C34H30BrN3O4S/c1-4-41-26-16-12-23(13-17-26)31-30(33(40)42-5-2)21(3)36-34-38(31)32(39)29(43-34)18-24-20-37(28-9-7-6-8-27(24)28)19-22-10-14-25(35)15-11-22/h6-18,20,31H,4-5,19H2,1-3H3/b29-18-/t31-/m1/s1. The van der Waals surface area contributed by atoms with E-state index in [4.69, 9.17) is 14.5 Å². The van der Waals surface area contributed by atoms with Crippen LogP contribution in [-0.4, -0.2) is 28.3 Å². The largest absolute Gasteiger partial charge is 0.494 e. The fraction of sp³-hybridized carbons (Fsp3) is 0.206. The lowest BCUT2D eigenvalue weighted by atomic mass is 9.96. The third-order valence-corrected chi connectivity index (χ3v) is 8.91. The van der Waals surface area contributed by atoms with E-state index in [1.807, 2.05) is 61.5 Å². The maximum atomic E-state index is 14.1. The normalized spacial score (nSPS) is 15.0. The van der Waals surface area contributed by atoms with Gasteiger partial charge in [0.1, 0.15) is 5.75 Å². The van der Waals surface area contributed by atoms with Gasteiger partial charge in [-0.1, -0.05) is 69.7 Å². The van der Waals surface area contributed by atoms with Crippen LogP contribution >= 0.6 is 27.3 Å². The molecule has 0 aliphatic carbocycles. The molecule has 1 atom stereocenters. The predicted molar refractivity (Wildman–Crippen MR) is 173 cm³/mol. The molecule has 43 heavy (non-hydrogen) atoms. The lowest BCUT2D eigenvalue weighted by Crippen LogP contribution is -2.39. The van der Waals surface area contributed by atoms with Crippen molar-refractivity contribution in [2.75, 3.05) is 13.2 Å². The van der Waals surface area contributed by atoms with Crippen molar-refractivity contribution >= 4 is 50.2 Å². The molecule has 3 aromatic carbocycles. The second kappa shape index (κ2) is 12.2. The van der Waals surface area contributed by atoms with Crippen molar-refractivity contribution in [1.82, 2.24) is 9.13 Å². The number of carbonyl (C=O) groups is 1. The Labute approximate surface area is 261 Å². The molecule has 6 rings (SSSR count). The molecule has 1 aliphatic heterocycles. The summed E-state index contributed by atoms with van der Waals surface area (Å²) in [7, 11) is 0. The summed E-state index contributed by atoms with van der Waals surface area (Å²) in [5.74, 6) is 0.240. The molecule has 0 radical (unpaired) electrons. The highest BCUT2D eigenvalue weighted by atomic mass is 79.9. The van der Waals surface area contributed by atoms with E-state index in [9.17, 15) is 9.59 Å². The first-order chi connectivity index (χ1) is 20.9. The topological polar surface area (TPSA) is 74.8 Å². The van der Waals surface area contributed by atoms with E-state index in [1.165, 1.54) is 16.9 Å². The smallest absolute Gasteiger partial charge is 0.338 e. The number of nitrogens with zero attached hydrogens (tertiary/aromatic N) is 3. The number of fused-ring (bicyclic) bond motifs is 2. The first kappa shape index (κ1) is 28.9. The number of hydrogen-bond donors (Lipinski definition) is 0. The van der Waals surface area contributed by atoms with Gasteiger partial charge in [-0.25, -0.2) is 9.79 Å². The number of para-hydroxylation sites is 1. The van der Waals surface area contributed by atoms with E-state index >= 15 is 0 Å². The summed E-state index contributed by atoms with van der Waals surface area (Å²) in [6.07, 6.45) is 4.02. The van der Waals surface area contributed by atoms with Crippen molar-refractivity contribution in [2.45, 2.75) is 33.4 Å². The fourth-order valence-electron chi connectivity index (χ4n) is 5.47. The number of allylic oxidation sites excluding steroid dienone is 1. The van der Waals surface area contributed by atoms with Gasteiger partial charge in [0.2, 0.25) is 0 Å². The minimum atomic E-state index is -0.674. The Bertz CT molecular complexity index is 2040. The van der Waals surface area contributed by atoms with E-state index in [2.05, 4.69) is 51.0 Å².